The molecular weight excluding hydrogens is 195 g/mol. The van der Waals surface area contributed by atoms with Crippen LogP contribution in [0.15, 0.2) is 12.1 Å². The van der Waals surface area contributed by atoms with Gasteiger partial charge in [-0.25, -0.2) is 4.39 Å². The Balaban J connectivity index is 2.22. The summed E-state index contributed by atoms with van der Waals surface area (Å²) in [6, 6.07) is 3.59. The van der Waals surface area contributed by atoms with E-state index in [4.69, 9.17) is 4.74 Å². The smallest absolute Gasteiger partial charge is 0.128 e. The maximum atomic E-state index is 13.3. The summed E-state index contributed by atoms with van der Waals surface area (Å²) in [5.41, 5.74) is 2.42. The van der Waals surface area contributed by atoms with E-state index in [2.05, 4.69) is 10.6 Å². The summed E-state index contributed by atoms with van der Waals surface area (Å²) in [6.07, 6.45) is 0. The molecule has 1 aliphatic rings. The summed E-state index contributed by atoms with van der Waals surface area (Å²) >= 11 is 0. The Hall–Kier alpha value is -1.29. The Bertz CT molecular complexity index is 368. The number of nitrogens with one attached hydrogen (secondary N) is 2. The lowest BCUT2D eigenvalue weighted by atomic mass is 10.1. The van der Waals surface area contributed by atoms with Crippen LogP contribution in [0.1, 0.15) is 5.56 Å². The first-order valence-corrected chi connectivity index (χ1v) is 5.00. The van der Waals surface area contributed by atoms with E-state index in [-0.39, 0.29) is 11.9 Å². The van der Waals surface area contributed by atoms with Crippen molar-refractivity contribution in [1.82, 2.24) is 0 Å². The number of anilines is 2. The van der Waals surface area contributed by atoms with Gasteiger partial charge in [-0.15, -0.1) is 0 Å². The first-order valence-electron chi connectivity index (χ1n) is 5.00. The van der Waals surface area contributed by atoms with Crippen LogP contribution in [0.2, 0.25) is 0 Å². The first-order chi connectivity index (χ1) is 7.20. The van der Waals surface area contributed by atoms with Crippen LogP contribution in [0.3, 0.4) is 0 Å². The van der Waals surface area contributed by atoms with Crippen LogP contribution < -0.4 is 10.6 Å². The lowest BCUT2D eigenvalue weighted by molar-refractivity contribution is 0.188. The third-order valence-electron chi connectivity index (χ3n) is 2.57. The van der Waals surface area contributed by atoms with E-state index in [0.29, 0.717) is 12.2 Å². The number of halogens is 1. The number of ether oxygens (including phenoxy) is 1. The molecule has 0 bridgehead atoms. The molecule has 4 heteroatoms. The molecule has 15 heavy (non-hydrogen) atoms. The number of hydrogen-bond acceptors (Lipinski definition) is 3. The quantitative estimate of drug-likeness (QED) is 0.783. The van der Waals surface area contributed by atoms with Crippen molar-refractivity contribution >= 4 is 11.4 Å². The maximum Gasteiger partial charge on any atom is 0.128 e. The van der Waals surface area contributed by atoms with Crippen LogP contribution in [0, 0.1) is 12.7 Å². The Morgan fingerprint density at radius 3 is 3.00 bits per heavy atom. The minimum atomic E-state index is -0.173. The van der Waals surface area contributed by atoms with Gasteiger partial charge in [0.1, 0.15) is 5.82 Å². The van der Waals surface area contributed by atoms with E-state index < -0.39 is 0 Å². The minimum absolute atomic E-state index is 0.173. The second-order valence-electron chi connectivity index (χ2n) is 3.82. The number of benzene rings is 1. The fourth-order valence-corrected chi connectivity index (χ4v) is 1.75. The van der Waals surface area contributed by atoms with Crippen LogP contribution in [-0.4, -0.2) is 26.3 Å². The monoisotopic (exact) mass is 210 g/mol. The largest absolute Gasteiger partial charge is 0.382 e. The molecule has 1 aromatic carbocycles. The molecule has 1 aromatic rings. The molecule has 1 heterocycles. The van der Waals surface area contributed by atoms with Crippen LogP contribution in [0.25, 0.3) is 0 Å². The molecule has 2 rings (SSSR count). The zero-order valence-electron chi connectivity index (χ0n) is 8.93. The highest BCUT2D eigenvalue weighted by Gasteiger charge is 2.17. The molecular formula is C11H15FN2O. The zero-order chi connectivity index (χ0) is 10.8. The second-order valence-corrected chi connectivity index (χ2v) is 3.82. The van der Waals surface area contributed by atoms with Crippen molar-refractivity contribution in [3.63, 3.8) is 0 Å². The van der Waals surface area contributed by atoms with Crippen LogP contribution in [0.4, 0.5) is 15.8 Å². The van der Waals surface area contributed by atoms with E-state index in [1.807, 2.05) is 6.07 Å². The van der Waals surface area contributed by atoms with Crippen molar-refractivity contribution in [2.24, 2.45) is 0 Å². The summed E-state index contributed by atoms with van der Waals surface area (Å²) in [5.74, 6) is -0.173. The molecule has 3 nitrogen and oxygen atoms in total. The number of rotatable bonds is 2. The number of hydrogen-bond donors (Lipinski definition) is 2. The molecule has 0 saturated heterocycles. The number of methoxy groups -OCH3 is 1. The highest BCUT2D eigenvalue weighted by molar-refractivity contribution is 5.72. The normalized spacial score (nSPS) is 19.0. The van der Waals surface area contributed by atoms with Gasteiger partial charge >= 0.3 is 0 Å². The second kappa shape index (κ2) is 4.06. The average molecular weight is 210 g/mol. The molecule has 1 aliphatic heterocycles. The molecule has 0 amide bonds. The highest BCUT2D eigenvalue weighted by atomic mass is 19.1. The predicted molar refractivity (Wildman–Crippen MR) is 58.9 cm³/mol. The zero-order valence-corrected chi connectivity index (χ0v) is 8.93. The highest BCUT2D eigenvalue weighted by Crippen LogP contribution is 2.28. The van der Waals surface area contributed by atoms with Crippen LogP contribution in [-0.2, 0) is 4.74 Å². The van der Waals surface area contributed by atoms with Crippen molar-refractivity contribution in [2.75, 3.05) is 30.9 Å². The SMILES string of the molecule is COCC1CNc2cc(F)c(C)cc2N1. The summed E-state index contributed by atoms with van der Waals surface area (Å²) in [4.78, 5) is 0. The topological polar surface area (TPSA) is 33.3 Å². The van der Waals surface area contributed by atoms with Crippen molar-refractivity contribution < 1.29 is 9.13 Å². The molecule has 0 spiro atoms. The fraction of sp³-hybridized carbons (Fsp3) is 0.455. The fourth-order valence-electron chi connectivity index (χ4n) is 1.75. The number of aryl methyl sites for hydroxylation is 1. The number of fused-ring (bicyclic) bond motifs is 1. The van der Waals surface area contributed by atoms with Gasteiger partial charge in [0.15, 0.2) is 0 Å². The molecule has 0 saturated carbocycles. The summed E-state index contributed by atoms with van der Waals surface area (Å²) < 4.78 is 18.3. The van der Waals surface area contributed by atoms with Gasteiger partial charge in [0, 0.05) is 13.7 Å². The van der Waals surface area contributed by atoms with Gasteiger partial charge in [-0.05, 0) is 24.6 Å². The van der Waals surface area contributed by atoms with Crippen molar-refractivity contribution in [3.8, 4) is 0 Å². The Morgan fingerprint density at radius 1 is 1.47 bits per heavy atom. The Labute approximate surface area is 88.6 Å². The molecule has 0 aromatic heterocycles. The van der Waals surface area contributed by atoms with E-state index >= 15 is 0 Å². The van der Waals surface area contributed by atoms with Crippen molar-refractivity contribution in [2.45, 2.75) is 13.0 Å². The van der Waals surface area contributed by atoms with Gasteiger partial charge in [0.25, 0.3) is 0 Å². The lowest BCUT2D eigenvalue weighted by Crippen LogP contribution is -2.36. The Kier molecular flexibility index (Phi) is 2.77. The summed E-state index contributed by atoms with van der Waals surface area (Å²) in [6.45, 7) is 3.16. The predicted octanol–water partition coefficient (Wildman–Crippen LogP) is 1.99. The molecule has 1 atom stereocenters. The van der Waals surface area contributed by atoms with E-state index in [0.717, 1.165) is 17.9 Å². The van der Waals surface area contributed by atoms with E-state index in [1.54, 1.807) is 14.0 Å². The molecule has 1 unspecified atom stereocenters. The molecule has 2 N–H and O–H groups in total. The standard InChI is InChI=1S/C11H15FN2O/c1-7-3-11-10(4-9(7)12)13-5-8(14-11)6-15-2/h3-4,8,13-14H,5-6H2,1-2H3. The van der Waals surface area contributed by atoms with Gasteiger partial charge in [-0.3, -0.25) is 0 Å². The lowest BCUT2D eigenvalue weighted by Gasteiger charge is -2.28. The maximum absolute atomic E-state index is 13.3. The third kappa shape index (κ3) is 2.04. The summed E-state index contributed by atoms with van der Waals surface area (Å²) in [5, 5.41) is 6.49. The first kappa shape index (κ1) is 10.2. The molecule has 0 radical (unpaired) electrons. The van der Waals surface area contributed by atoms with Crippen molar-refractivity contribution in [3.05, 3.63) is 23.5 Å². The molecule has 0 aliphatic carbocycles. The van der Waals surface area contributed by atoms with Gasteiger partial charge < -0.3 is 15.4 Å². The van der Waals surface area contributed by atoms with Gasteiger partial charge in [0.2, 0.25) is 0 Å². The molecule has 82 valence electrons. The van der Waals surface area contributed by atoms with E-state index in [1.165, 1.54) is 6.07 Å². The van der Waals surface area contributed by atoms with Gasteiger partial charge in [-0.1, -0.05) is 0 Å². The van der Waals surface area contributed by atoms with Crippen LogP contribution in [0.5, 0.6) is 0 Å². The average Bonchev–Trinajstić information content (AvgIpc) is 2.21. The van der Waals surface area contributed by atoms with Crippen molar-refractivity contribution in [1.29, 1.82) is 0 Å². The summed E-state index contributed by atoms with van der Waals surface area (Å²) in [7, 11) is 1.67. The van der Waals surface area contributed by atoms with Gasteiger partial charge in [0.05, 0.1) is 24.0 Å². The van der Waals surface area contributed by atoms with Gasteiger partial charge in [-0.2, -0.15) is 0 Å². The Morgan fingerprint density at radius 2 is 2.27 bits per heavy atom. The third-order valence-corrected chi connectivity index (χ3v) is 2.57. The van der Waals surface area contributed by atoms with Crippen LogP contribution >= 0.6 is 0 Å². The minimum Gasteiger partial charge on any atom is -0.382 e. The van der Waals surface area contributed by atoms with E-state index in [9.17, 15) is 4.39 Å². The molecule has 0 fully saturated rings.